The molecule has 3 rings (SSSR count). The van der Waals surface area contributed by atoms with Gasteiger partial charge in [-0.05, 0) is 29.5 Å². The van der Waals surface area contributed by atoms with Gasteiger partial charge in [0.05, 0.1) is 11.7 Å². The Labute approximate surface area is 156 Å². The Morgan fingerprint density at radius 3 is 2.31 bits per heavy atom. The molecule has 2 aromatic rings. The van der Waals surface area contributed by atoms with E-state index in [1.165, 1.54) is 0 Å². The average Bonchev–Trinajstić information content (AvgIpc) is 2.94. The van der Waals surface area contributed by atoms with E-state index >= 15 is 0 Å². The number of thioether (sulfide) groups is 1. The van der Waals surface area contributed by atoms with Crippen LogP contribution < -0.4 is 10.6 Å². The van der Waals surface area contributed by atoms with Crippen molar-refractivity contribution < 1.29 is 14.4 Å². The van der Waals surface area contributed by atoms with E-state index in [1.807, 2.05) is 54.6 Å². The second-order valence-electron chi connectivity index (χ2n) is 6.17. The van der Waals surface area contributed by atoms with E-state index in [1.54, 1.807) is 0 Å². The van der Waals surface area contributed by atoms with Gasteiger partial charge in [0.25, 0.3) is 5.24 Å². The smallest absolute Gasteiger partial charge is 0.286 e. The van der Waals surface area contributed by atoms with Gasteiger partial charge in [0.15, 0.2) is 0 Å². The Kier molecular flexibility index (Phi) is 6.07. The Hall–Kier alpha value is -2.60. The molecule has 3 amide bonds. The van der Waals surface area contributed by atoms with Crippen LogP contribution >= 0.6 is 11.8 Å². The minimum absolute atomic E-state index is 0.0155. The highest BCUT2D eigenvalue weighted by Crippen LogP contribution is 2.23. The van der Waals surface area contributed by atoms with Gasteiger partial charge in [0.1, 0.15) is 0 Å². The third-order valence-corrected chi connectivity index (χ3v) is 5.14. The van der Waals surface area contributed by atoms with E-state index in [9.17, 15) is 14.4 Å². The minimum Gasteiger partial charge on any atom is -0.355 e. The van der Waals surface area contributed by atoms with Crippen molar-refractivity contribution in [1.82, 2.24) is 10.6 Å². The second-order valence-corrected chi connectivity index (χ2v) is 7.34. The summed E-state index contributed by atoms with van der Waals surface area (Å²) in [5, 5.41) is 4.61. The summed E-state index contributed by atoms with van der Waals surface area (Å²) in [6, 6.07) is 17.6. The van der Waals surface area contributed by atoms with Gasteiger partial charge < -0.3 is 5.32 Å². The fourth-order valence-corrected chi connectivity index (χ4v) is 3.63. The average molecular weight is 368 g/mol. The molecule has 1 saturated heterocycles. The number of nitrogens with one attached hydrogen (secondary N) is 2. The van der Waals surface area contributed by atoms with E-state index in [0.29, 0.717) is 19.4 Å². The minimum atomic E-state index is -0.342. The number of amides is 3. The van der Waals surface area contributed by atoms with Crippen molar-refractivity contribution in [2.24, 2.45) is 0 Å². The number of hydrogen-bond acceptors (Lipinski definition) is 4. The maximum absolute atomic E-state index is 11.9. The van der Waals surface area contributed by atoms with Crippen molar-refractivity contribution in [3.05, 3.63) is 71.3 Å². The van der Waals surface area contributed by atoms with Gasteiger partial charge in [0.2, 0.25) is 11.8 Å². The number of imide groups is 1. The van der Waals surface area contributed by atoms with Crippen molar-refractivity contribution in [2.45, 2.75) is 24.5 Å². The highest BCUT2D eigenvalue weighted by atomic mass is 32.2. The lowest BCUT2D eigenvalue weighted by Gasteiger charge is -2.08. The van der Waals surface area contributed by atoms with Gasteiger partial charge >= 0.3 is 0 Å². The second kappa shape index (κ2) is 8.67. The number of carbonyl (C=O) groups excluding carboxylic acids is 3. The maximum atomic E-state index is 11.9. The number of carbonyl (C=O) groups is 3. The van der Waals surface area contributed by atoms with E-state index in [4.69, 9.17) is 0 Å². The van der Waals surface area contributed by atoms with Gasteiger partial charge in [-0.3, -0.25) is 19.7 Å². The van der Waals surface area contributed by atoms with Crippen LogP contribution in [0.25, 0.3) is 0 Å². The number of hydrogen-bond donors (Lipinski definition) is 2. The first-order valence-corrected chi connectivity index (χ1v) is 9.38. The van der Waals surface area contributed by atoms with E-state index in [2.05, 4.69) is 10.6 Å². The largest absolute Gasteiger partial charge is 0.355 e. The molecular weight excluding hydrogens is 348 g/mol. The molecular formula is C20H20N2O3S. The lowest BCUT2D eigenvalue weighted by atomic mass is 10.1. The SMILES string of the molecule is O=C(Cc1ccccc1)NCCc1ccc(C[C@@H]2SC(=O)NC2=O)cc1. The Bertz CT molecular complexity index is 790. The van der Waals surface area contributed by atoms with Crippen LogP contribution in [-0.4, -0.2) is 28.8 Å². The normalized spacial score (nSPS) is 16.4. The topological polar surface area (TPSA) is 75.3 Å². The summed E-state index contributed by atoms with van der Waals surface area (Å²) in [7, 11) is 0. The molecule has 1 fully saturated rings. The van der Waals surface area contributed by atoms with Crippen LogP contribution in [0.1, 0.15) is 16.7 Å². The zero-order chi connectivity index (χ0) is 18.4. The predicted molar refractivity (Wildman–Crippen MR) is 102 cm³/mol. The molecule has 0 radical (unpaired) electrons. The van der Waals surface area contributed by atoms with Crippen molar-refractivity contribution in [3.63, 3.8) is 0 Å². The molecule has 0 unspecified atom stereocenters. The summed E-state index contributed by atoms with van der Waals surface area (Å²) in [6.07, 6.45) is 1.67. The molecule has 6 heteroatoms. The summed E-state index contributed by atoms with van der Waals surface area (Å²) >= 11 is 1.04. The molecule has 26 heavy (non-hydrogen) atoms. The molecule has 0 aromatic heterocycles. The van der Waals surface area contributed by atoms with Crippen molar-refractivity contribution in [1.29, 1.82) is 0 Å². The first kappa shape index (κ1) is 18.2. The summed E-state index contributed by atoms with van der Waals surface area (Å²) in [6.45, 7) is 0.584. The molecule has 1 aliphatic rings. The van der Waals surface area contributed by atoms with Crippen LogP contribution in [-0.2, 0) is 28.9 Å². The molecule has 134 valence electrons. The third kappa shape index (κ3) is 5.20. The fourth-order valence-electron chi connectivity index (χ4n) is 2.77. The molecule has 0 bridgehead atoms. The van der Waals surface area contributed by atoms with Crippen LogP contribution in [0.5, 0.6) is 0 Å². The first-order valence-electron chi connectivity index (χ1n) is 8.50. The molecule has 0 saturated carbocycles. The van der Waals surface area contributed by atoms with Crippen LogP contribution in [0.4, 0.5) is 4.79 Å². The van der Waals surface area contributed by atoms with Crippen LogP contribution in [0.3, 0.4) is 0 Å². The molecule has 1 heterocycles. The van der Waals surface area contributed by atoms with Crippen LogP contribution in [0.2, 0.25) is 0 Å². The van der Waals surface area contributed by atoms with Gasteiger partial charge in [-0.15, -0.1) is 0 Å². The van der Waals surface area contributed by atoms with Crippen molar-refractivity contribution >= 4 is 28.8 Å². The highest BCUT2D eigenvalue weighted by Gasteiger charge is 2.31. The van der Waals surface area contributed by atoms with Gasteiger partial charge in [-0.1, -0.05) is 66.4 Å². The molecule has 1 aliphatic heterocycles. The summed E-state index contributed by atoms with van der Waals surface area (Å²) in [5.41, 5.74) is 3.14. The highest BCUT2D eigenvalue weighted by molar-refractivity contribution is 8.15. The summed E-state index contributed by atoms with van der Waals surface area (Å²) in [5.74, 6) is -0.202. The van der Waals surface area contributed by atoms with E-state index < -0.39 is 0 Å². The zero-order valence-electron chi connectivity index (χ0n) is 14.2. The van der Waals surface area contributed by atoms with Crippen LogP contribution in [0.15, 0.2) is 54.6 Å². The lowest BCUT2D eigenvalue weighted by molar-refractivity contribution is -0.120. The van der Waals surface area contributed by atoms with E-state index in [-0.39, 0.29) is 22.3 Å². The standard InChI is InChI=1S/C20H20N2O3S/c23-18(13-15-4-2-1-3-5-15)21-11-10-14-6-8-16(9-7-14)12-17-19(24)22-20(25)26-17/h1-9,17H,10-13H2,(H,21,23)(H,22,24,25)/t17-/m0/s1. The monoisotopic (exact) mass is 368 g/mol. The third-order valence-electron chi connectivity index (χ3n) is 4.15. The Morgan fingerprint density at radius 2 is 1.65 bits per heavy atom. The maximum Gasteiger partial charge on any atom is 0.286 e. The molecule has 0 aliphatic carbocycles. The quantitative estimate of drug-likeness (QED) is 0.787. The van der Waals surface area contributed by atoms with Crippen molar-refractivity contribution in [3.8, 4) is 0 Å². The molecule has 1 atom stereocenters. The fraction of sp³-hybridized carbons (Fsp3) is 0.250. The number of rotatable bonds is 7. The first-order chi connectivity index (χ1) is 12.6. The van der Waals surface area contributed by atoms with Gasteiger partial charge in [0, 0.05) is 6.54 Å². The van der Waals surface area contributed by atoms with Gasteiger partial charge in [-0.25, -0.2) is 0 Å². The Morgan fingerprint density at radius 1 is 0.962 bits per heavy atom. The molecule has 0 spiro atoms. The molecule has 5 nitrogen and oxygen atoms in total. The van der Waals surface area contributed by atoms with Crippen LogP contribution in [0, 0.1) is 0 Å². The predicted octanol–water partition coefficient (Wildman–Crippen LogP) is 2.48. The summed E-state index contributed by atoms with van der Waals surface area (Å²) in [4.78, 5) is 34.7. The summed E-state index contributed by atoms with van der Waals surface area (Å²) < 4.78 is 0. The lowest BCUT2D eigenvalue weighted by Crippen LogP contribution is -2.27. The number of benzene rings is 2. The molecule has 2 N–H and O–H groups in total. The molecule has 2 aromatic carbocycles. The van der Waals surface area contributed by atoms with E-state index in [0.717, 1.165) is 34.9 Å². The van der Waals surface area contributed by atoms with Gasteiger partial charge in [-0.2, -0.15) is 0 Å². The zero-order valence-corrected chi connectivity index (χ0v) is 15.1. The van der Waals surface area contributed by atoms with Crippen molar-refractivity contribution in [2.75, 3.05) is 6.54 Å². The Balaban J connectivity index is 1.42.